The molecule has 0 aromatic rings. The molecule has 0 radical (unpaired) electrons. The van der Waals surface area contributed by atoms with Gasteiger partial charge < -0.3 is 4.74 Å². The van der Waals surface area contributed by atoms with Crippen LogP contribution in [0.25, 0.3) is 0 Å². The highest BCUT2D eigenvalue weighted by atomic mass is 16.5. The first-order chi connectivity index (χ1) is 8.16. The predicted octanol–water partition coefficient (Wildman–Crippen LogP) is 4.41. The molecule has 2 nitrogen and oxygen atoms in total. The van der Waals surface area contributed by atoms with Gasteiger partial charge in [-0.2, -0.15) is 0 Å². The maximum atomic E-state index is 10.7. The maximum absolute atomic E-state index is 10.7. The van der Waals surface area contributed by atoms with Gasteiger partial charge >= 0.3 is 5.97 Å². The van der Waals surface area contributed by atoms with Gasteiger partial charge in [-0.05, 0) is 39.0 Å². The second kappa shape index (κ2) is 11.4. The molecular formula is C15H26O2. The average Bonchev–Trinajstić information content (AvgIpc) is 2.26. The number of hydrogen-bond donors (Lipinski definition) is 0. The highest BCUT2D eigenvalue weighted by molar-refractivity contribution is 5.66. The van der Waals surface area contributed by atoms with Gasteiger partial charge in [0.05, 0.1) is 6.10 Å². The van der Waals surface area contributed by atoms with E-state index in [1.165, 1.54) is 19.8 Å². The van der Waals surface area contributed by atoms with Crippen molar-refractivity contribution in [1.29, 1.82) is 0 Å². The largest absolute Gasteiger partial charge is 0.463 e. The van der Waals surface area contributed by atoms with Crippen molar-refractivity contribution in [3.8, 4) is 0 Å². The Kier molecular flexibility index (Phi) is 10.7. The fourth-order valence-electron chi connectivity index (χ4n) is 1.60. The molecule has 0 N–H and O–H groups in total. The number of ether oxygens (including phenoxy) is 1. The van der Waals surface area contributed by atoms with Crippen LogP contribution in [0.3, 0.4) is 0 Å². The molecule has 17 heavy (non-hydrogen) atoms. The van der Waals surface area contributed by atoms with Crippen molar-refractivity contribution in [3.63, 3.8) is 0 Å². The molecule has 0 heterocycles. The monoisotopic (exact) mass is 238 g/mol. The van der Waals surface area contributed by atoms with Gasteiger partial charge in [-0.15, -0.1) is 0 Å². The third kappa shape index (κ3) is 12.9. The Labute approximate surface area is 106 Å². The number of esters is 1. The fourth-order valence-corrected chi connectivity index (χ4v) is 1.60. The molecule has 0 rings (SSSR count). The summed E-state index contributed by atoms with van der Waals surface area (Å²) in [7, 11) is 0. The summed E-state index contributed by atoms with van der Waals surface area (Å²) >= 11 is 0. The van der Waals surface area contributed by atoms with Crippen molar-refractivity contribution < 1.29 is 9.53 Å². The van der Waals surface area contributed by atoms with Crippen molar-refractivity contribution in [3.05, 3.63) is 24.3 Å². The van der Waals surface area contributed by atoms with Crippen LogP contribution < -0.4 is 0 Å². The van der Waals surface area contributed by atoms with Crippen molar-refractivity contribution in [2.45, 2.75) is 65.4 Å². The topological polar surface area (TPSA) is 26.3 Å². The van der Waals surface area contributed by atoms with E-state index in [4.69, 9.17) is 4.74 Å². The van der Waals surface area contributed by atoms with Crippen LogP contribution in [0.1, 0.15) is 59.3 Å². The Morgan fingerprint density at radius 3 is 2.53 bits per heavy atom. The van der Waals surface area contributed by atoms with Crippen LogP contribution in [0, 0.1) is 0 Å². The summed E-state index contributed by atoms with van der Waals surface area (Å²) in [4.78, 5) is 10.7. The summed E-state index contributed by atoms with van der Waals surface area (Å²) in [5.41, 5.74) is 0. The average molecular weight is 238 g/mol. The van der Waals surface area contributed by atoms with Crippen molar-refractivity contribution in [1.82, 2.24) is 0 Å². The number of carbonyl (C=O) groups excluding carboxylic acids is 1. The van der Waals surface area contributed by atoms with Crippen LogP contribution in [0.15, 0.2) is 24.3 Å². The summed E-state index contributed by atoms with van der Waals surface area (Å²) in [5, 5.41) is 0. The van der Waals surface area contributed by atoms with Gasteiger partial charge in [-0.25, -0.2) is 0 Å². The lowest BCUT2D eigenvalue weighted by Gasteiger charge is -2.10. The van der Waals surface area contributed by atoms with Crippen molar-refractivity contribution in [2.24, 2.45) is 0 Å². The summed E-state index contributed by atoms with van der Waals surface area (Å²) in [6.45, 7) is 5.55. The molecule has 0 bridgehead atoms. The van der Waals surface area contributed by atoms with E-state index < -0.39 is 0 Å². The van der Waals surface area contributed by atoms with Gasteiger partial charge in [0.25, 0.3) is 0 Å². The van der Waals surface area contributed by atoms with E-state index in [0.717, 1.165) is 25.7 Å². The molecule has 0 fully saturated rings. The summed E-state index contributed by atoms with van der Waals surface area (Å²) in [6.07, 6.45) is 15.4. The molecule has 0 aromatic heterocycles. The zero-order valence-electron chi connectivity index (χ0n) is 11.4. The standard InChI is InChI=1S/C15H26O2/c1-4-5-6-7-8-9-10-11-12-13-14(2)17-15(3)16/h5-8,14H,4,9-13H2,1-3H3/t14-/m0/s1. The van der Waals surface area contributed by atoms with E-state index in [2.05, 4.69) is 31.2 Å². The molecule has 0 saturated heterocycles. The highest BCUT2D eigenvalue weighted by Crippen LogP contribution is 2.08. The summed E-state index contributed by atoms with van der Waals surface area (Å²) < 4.78 is 5.06. The molecule has 0 aliphatic carbocycles. The van der Waals surface area contributed by atoms with Gasteiger partial charge in [-0.3, -0.25) is 4.79 Å². The van der Waals surface area contributed by atoms with Crippen molar-refractivity contribution >= 4 is 5.97 Å². The molecule has 0 aliphatic rings. The molecular weight excluding hydrogens is 212 g/mol. The molecule has 1 atom stereocenters. The van der Waals surface area contributed by atoms with Crippen LogP contribution in [0.4, 0.5) is 0 Å². The van der Waals surface area contributed by atoms with E-state index in [-0.39, 0.29) is 12.1 Å². The highest BCUT2D eigenvalue weighted by Gasteiger charge is 2.03. The number of allylic oxidation sites excluding steroid dienone is 4. The first-order valence-corrected chi connectivity index (χ1v) is 6.65. The van der Waals surface area contributed by atoms with Crippen LogP contribution in [-0.4, -0.2) is 12.1 Å². The van der Waals surface area contributed by atoms with Crippen molar-refractivity contribution in [2.75, 3.05) is 0 Å². The summed E-state index contributed by atoms with van der Waals surface area (Å²) in [5.74, 6) is -0.178. The molecule has 0 saturated carbocycles. The van der Waals surface area contributed by atoms with Crippen LogP contribution in [0.5, 0.6) is 0 Å². The third-order valence-electron chi connectivity index (χ3n) is 2.47. The normalized spacial score (nSPS) is 13.4. The first-order valence-electron chi connectivity index (χ1n) is 6.65. The Morgan fingerprint density at radius 1 is 1.18 bits per heavy atom. The molecule has 0 unspecified atom stereocenters. The van der Waals surface area contributed by atoms with E-state index in [0.29, 0.717) is 0 Å². The molecule has 2 heteroatoms. The lowest BCUT2D eigenvalue weighted by molar-refractivity contribution is -0.145. The minimum Gasteiger partial charge on any atom is -0.463 e. The number of rotatable bonds is 9. The van der Waals surface area contributed by atoms with Gasteiger partial charge in [0.2, 0.25) is 0 Å². The number of unbranched alkanes of at least 4 members (excludes halogenated alkanes) is 3. The SMILES string of the molecule is CCC=CC=CCCCCC[C@H](C)OC(C)=O. The minimum atomic E-state index is -0.178. The zero-order chi connectivity index (χ0) is 12.9. The lowest BCUT2D eigenvalue weighted by atomic mass is 10.1. The van der Waals surface area contributed by atoms with Crippen LogP contribution in [0.2, 0.25) is 0 Å². The molecule has 0 amide bonds. The zero-order valence-corrected chi connectivity index (χ0v) is 11.4. The Morgan fingerprint density at radius 2 is 1.88 bits per heavy atom. The van der Waals surface area contributed by atoms with E-state index in [1.807, 2.05) is 6.92 Å². The van der Waals surface area contributed by atoms with Gasteiger partial charge in [0.1, 0.15) is 0 Å². The quantitative estimate of drug-likeness (QED) is 0.338. The third-order valence-corrected chi connectivity index (χ3v) is 2.47. The first kappa shape index (κ1) is 16.0. The number of carbonyl (C=O) groups is 1. The molecule has 0 aliphatic heterocycles. The molecule has 98 valence electrons. The van der Waals surface area contributed by atoms with E-state index in [1.54, 1.807) is 0 Å². The Hall–Kier alpha value is -1.05. The van der Waals surface area contributed by atoms with Crippen LogP contribution in [-0.2, 0) is 9.53 Å². The Balaban J connectivity index is 3.31. The smallest absolute Gasteiger partial charge is 0.302 e. The summed E-state index contributed by atoms with van der Waals surface area (Å²) in [6, 6.07) is 0. The van der Waals surface area contributed by atoms with E-state index in [9.17, 15) is 4.79 Å². The second-order valence-electron chi connectivity index (χ2n) is 4.32. The molecule has 0 spiro atoms. The second-order valence-corrected chi connectivity index (χ2v) is 4.32. The number of hydrogen-bond acceptors (Lipinski definition) is 2. The van der Waals surface area contributed by atoms with Gasteiger partial charge in [-0.1, -0.05) is 37.6 Å². The van der Waals surface area contributed by atoms with Crippen LogP contribution >= 0.6 is 0 Å². The fraction of sp³-hybridized carbons (Fsp3) is 0.667. The van der Waals surface area contributed by atoms with Gasteiger partial charge in [0, 0.05) is 6.92 Å². The minimum absolute atomic E-state index is 0.0653. The maximum Gasteiger partial charge on any atom is 0.302 e. The molecule has 0 aromatic carbocycles. The van der Waals surface area contributed by atoms with E-state index >= 15 is 0 Å². The predicted molar refractivity (Wildman–Crippen MR) is 72.9 cm³/mol. The van der Waals surface area contributed by atoms with Gasteiger partial charge in [0.15, 0.2) is 0 Å². The lowest BCUT2D eigenvalue weighted by Crippen LogP contribution is -2.11. The Bertz CT molecular complexity index is 241.